The van der Waals surface area contributed by atoms with E-state index in [0.29, 0.717) is 0 Å². The molecular formula is C12H11NO2. The summed E-state index contributed by atoms with van der Waals surface area (Å²) in [5.74, 6) is -0.824. The highest BCUT2D eigenvalue weighted by molar-refractivity contribution is 6.38. The lowest BCUT2D eigenvalue weighted by Gasteiger charge is -2.00. The number of carbonyl (C=O) groups excluding carboxylic acids is 2. The second-order valence-corrected chi connectivity index (χ2v) is 3.33. The Hall–Kier alpha value is -1.90. The average Bonchev–Trinajstić information content (AvgIpc) is 2.70. The van der Waals surface area contributed by atoms with Crippen LogP contribution in [0.1, 0.15) is 18.1 Å². The summed E-state index contributed by atoms with van der Waals surface area (Å²) in [4.78, 5) is 22.9. The number of ketones is 1. The van der Waals surface area contributed by atoms with Crippen molar-refractivity contribution in [3.8, 4) is 0 Å². The van der Waals surface area contributed by atoms with Crippen LogP contribution in [-0.4, -0.2) is 16.3 Å². The average molecular weight is 201 g/mol. The van der Waals surface area contributed by atoms with E-state index >= 15 is 0 Å². The number of carbonyl (C=O) groups is 2. The van der Waals surface area contributed by atoms with E-state index in [9.17, 15) is 9.59 Å². The van der Waals surface area contributed by atoms with Crippen LogP contribution in [-0.2, 0) is 4.79 Å². The second-order valence-electron chi connectivity index (χ2n) is 3.33. The Morgan fingerprint density at radius 2 is 1.93 bits per heavy atom. The molecule has 0 saturated carbocycles. The van der Waals surface area contributed by atoms with Crippen LogP contribution >= 0.6 is 0 Å². The van der Waals surface area contributed by atoms with Gasteiger partial charge >= 0.3 is 0 Å². The van der Waals surface area contributed by atoms with Gasteiger partial charge in [0.15, 0.2) is 0 Å². The molecule has 1 aromatic heterocycles. The van der Waals surface area contributed by atoms with Crippen molar-refractivity contribution < 1.29 is 9.59 Å². The van der Waals surface area contributed by atoms with Crippen LogP contribution in [0.15, 0.2) is 36.5 Å². The zero-order valence-corrected chi connectivity index (χ0v) is 8.43. The Labute approximate surface area is 87.3 Å². The minimum Gasteiger partial charge on any atom is -0.289 e. The van der Waals surface area contributed by atoms with Gasteiger partial charge in [0.25, 0.3) is 5.91 Å². The summed E-state index contributed by atoms with van der Waals surface area (Å²) in [5, 5.41) is 0.967. The van der Waals surface area contributed by atoms with Gasteiger partial charge in [0.1, 0.15) is 0 Å². The second kappa shape index (κ2) is 3.69. The number of para-hydroxylation sites is 1. The molecule has 2 rings (SSSR count). The van der Waals surface area contributed by atoms with Crippen molar-refractivity contribution in [2.45, 2.75) is 13.3 Å². The monoisotopic (exact) mass is 201 g/mol. The van der Waals surface area contributed by atoms with Crippen molar-refractivity contribution in [2.75, 3.05) is 0 Å². The molecule has 76 valence electrons. The van der Waals surface area contributed by atoms with Crippen molar-refractivity contribution >= 4 is 22.6 Å². The quantitative estimate of drug-likeness (QED) is 0.699. The first-order valence-corrected chi connectivity index (χ1v) is 4.87. The fourth-order valence-corrected chi connectivity index (χ4v) is 1.55. The Kier molecular flexibility index (Phi) is 2.37. The minimum atomic E-state index is -0.460. The predicted molar refractivity (Wildman–Crippen MR) is 57.9 cm³/mol. The summed E-state index contributed by atoms with van der Waals surface area (Å²) in [6.07, 6.45) is 1.88. The minimum absolute atomic E-state index is 0.241. The van der Waals surface area contributed by atoms with E-state index in [1.807, 2.05) is 30.3 Å². The Balaban J connectivity index is 2.53. The molecular weight excluding hydrogens is 190 g/mol. The Morgan fingerprint density at radius 3 is 2.67 bits per heavy atom. The van der Waals surface area contributed by atoms with Gasteiger partial charge in [0.05, 0.1) is 5.52 Å². The van der Waals surface area contributed by atoms with Gasteiger partial charge in [-0.25, -0.2) is 0 Å². The van der Waals surface area contributed by atoms with Gasteiger partial charge in [0.2, 0.25) is 5.78 Å². The van der Waals surface area contributed by atoms with Gasteiger partial charge in [-0.3, -0.25) is 14.2 Å². The third-order valence-electron chi connectivity index (χ3n) is 2.38. The standard InChI is InChI=1S/C12H11NO2/c1-2-11(14)12(15)13-8-7-9-5-3-4-6-10(9)13/h3-8H,2H2,1H3. The summed E-state index contributed by atoms with van der Waals surface area (Å²) in [7, 11) is 0. The maximum Gasteiger partial charge on any atom is 0.298 e. The molecule has 0 aliphatic heterocycles. The Morgan fingerprint density at radius 1 is 1.20 bits per heavy atom. The molecule has 1 aromatic carbocycles. The van der Waals surface area contributed by atoms with E-state index < -0.39 is 5.91 Å². The molecule has 2 aromatic rings. The van der Waals surface area contributed by atoms with Gasteiger partial charge in [-0.05, 0) is 12.1 Å². The van der Waals surface area contributed by atoms with E-state index in [-0.39, 0.29) is 12.2 Å². The summed E-state index contributed by atoms with van der Waals surface area (Å²) in [6, 6.07) is 9.32. The Bertz CT molecular complexity index is 525. The van der Waals surface area contributed by atoms with E-state index in [1.54, 1.807) is 13.1 Å². The highest BCUT2D eigenvalue weighted by atomic mass is 16.2. The smallest absolute Gasteiger partial charge is 0.289 e. The number of fused-ring (bicyclic) bond motifs is 1. The number of rotatable bonds is 2. The van der Waals surface area contributed by atoms with E-state index in [1.165, 1.54) is 4.57 Å². The summed E-state index contributed by atoms with van der Waals surface area (Å²) >= 11 is 0. The van der Waals surface area contributed by atoms with Crippen molar-refractivity contribution in [3.63, 3.8) is 0 Å². The van der Waals surface area contributed by atoms with Crippen LogP contribution in [0.5, 0.6) is 0 Å². The summed E-state index contributed by atoms with van der Waals surface area (Å²) < 4.78 is 1.40. The number of aromatic nitrogens is 1. The molecule has 0 N–H and O–H groups in total. The van der Waals surface area contributed by atoms with Gasteiger partial charge in [-0.15, -0.1) is 0 Å². The lowest BCUT2D eigenvalue weighted by molar-refractivity contribution is -0.115. The molecule has 0 aliphatic carbocycles. The third kappa shape index (κ3) is 1.56. The van der Waals surface area contributed by atoms with Crippen LogP contribution in [0, 0.1) is 0 Å². The molecule has 0 bridgehead atoms. The molecule has 0 unspecified atom stereocenters. The SMILES string of the molecule is CCC(=O)C(=O)n1ccc2ccccc21. The van der Waals surface area contributed by atoms with E-state index in [0.717, 1.165) is 10.9 Å². The highest BCUT2D eigenvalue weighted by Crippen LogP contribution is 2.14. The van der Waals surface area contributed by atoms with Crippen molar-refractivity contribution in [3.05, 3.63) is 36.5 Å². The summed E-state index contributed by atoms with van der Waals surface area (Å²) in [5.41, 5.74) is 0.782. The van der Waals surface area contributed by atoms with Crippen LogP contribution < -0.4 is 0 Å². The number of benzene rings is 1. The van der Waals surface area contributed by atoms with Gasteiger partial charge < -0.3 is 0 Å². The lowest BCUT2D eigenvalue weighted by atomic mass is 10.2. The fraction of sp³-hybridized carbons (Fsp3) is 0.167. The van der Waals surface area contributed by atoms with Crippen LogP contribution in [0.25, 0.3) is 10.9 Å². The van der Waals surface area contributed by atoms with Crippen LogP contribution in [0.3, 0.4) is 0 Å². The van der Waals surface area contributed by atoms with Gasteiger partial charge in [0, 0.05) is 18.0 Å². The van der Waals surface area contributed by atoms with E-state index in [4.69, 9.17) is 0 Å². The van der Waals surface area contributed by atoms with Gasteiger partial charge in [-0.2, -0.15) is 0 Å². The molecule has 0 saturated heterocycles. The first-order chi connectivity index (χ1) is 7.24. The van der Waals surface area contributed by atoms with Crippen molar-refractivity contribution in [1.82, 2.24) is 4.57 Å². The first-order valence-electron chi connectivity index (χ1n) is 4.87. The maximum absolute atomic E-state index is 11.7. The lowest BCUT2D eigenvalue weighted by Crippen LogP contribution is -2.19. The number of hydrogen-bond acceptors (Lipinski definition) is 2. The third-order valence-corrected chi connectivity index (χ3v) is 2.38. The van der Waals surface area contributed by atoms with Crippen molar-refractivity contribution in [2.24, 2.45) is 0 Å². The van der Waals surface area contributed by atoms with Gasteiger partial charge in [-0.1, -0.05) is 25.1 Å². The molecule has 3 heteroatoms. The summed E-state index contributed by atoms with van der Waals surface area (Å²) in [6.45, 7) is 1.69. The first kappa shape index (κ1) is 9.65. The molecule has 3 nitrogen and oxygen atoms in total. The predicted octanol–water partition coefficient (Wildman–Crippen LogP) is 2.26. The molecule has 15 heavy (non-hydrogen) atoms. The normalized spacial score (nSPS) is 10.5. The number of Topliss-reactive ketones (excluding diaryl/α,β-unsaturated/α-hetero) is 1. The largest absolute Gasteiger partial charge is 0.298 e. The number of hydrogen-bond donors (Lipinski definition) is 0. The molecule has 0 spiro atoms. The molecule has 0 radical (unpaired) electrons. The molecule has 1 heterocycles. The zero-order chi connectivity index (χ0) is 10.8. The van der Waals surface area contributed by atoms with E-state index in [2.05, 4.69) is 0 Å². The maximum atomic E-state index is 11.7. The fourth-order valence-electron chi connectivity index (χ4n) is 1.55. The molecule has 0 fully saturated rings. The highest BCUT2D eigenvalue weighted by Gasteiger charge is 2.14. The van der Waals surface area contributed by atoms with Crippen LogP contribution in [0.4, 0.5) is 0 Å². The van der Waals surface area contributed by atoms with Crippen LogP contribution in [0.2, 0.25) is 0 Å². The topological polar surface area (TPSA) is 39.1 Å². The molecule has 0 aliphatic rings. The molecule has 0 amide bonds. The number of nitrogens with zero attached hydrogens (tertiary/aromatic N) is 1. The zero-order valence-electron chi connectivity index (χ0n) is 8.43. The van der Waals surface area contributed by atoms with Crippen molar-refractivity contribution in [1.29, 1.82) is 0 Å². The molecule has 0 atom stereocenters.